The van der Waals surface area contributed by atoms with Crippen LogP contribution in [0.4, 0.5) is 0 Å². The van der Waals surface area contributed by atoms with Crippen LogP contribution in [-0.2, 0) is 0 Å². The van der Waals surface area contributed by atoms with Crippen molar-refractivity contribution in [2.75, 3.05) is 13.6 Å². The third-order valence-electron chi connectivity index (χ3n) is 6.54. The number of pyridine rings is 1. The summed E-state index contributed by atoms with van der Waals surface area (Å²) in [6, 6.07) is 5.46. The van der Waals surface area contributed by atoms with Gasteiger partial charge < -0.3 is 4.90 Å². The number of likely N-dealkylation sites (tertiary alicyclic amines) is 1. The summed E-state index contributed by atoms with van der Waals surface area (Å²) in [5, 5.41) is 11.2. The van der Waals surface area contributed by atoms with Gasteiger partial charge in [-0.25, -0.2) is 19.6 Å². The second-order valence-electron chi connectivity index (χ2n) is 8.79. The largest absolute Gasteiger partial charge is 0.301 e. The van der Waals surface area contributed by atoms with E-state index >= 15 is 0 Å². The molecule has 1 spiro atoms. The Morgan fingerprint density at radius 3 is 2.65 bits per heavy atom. The van der Waals surface area contributed by atoms with Crippen LogP contribution in [0.1, 0.15) is 43.4 Å². The first-order chi connectivity index (χ1) is 14.9. The number of imidazole rings is 1. The van der Waals surface area contributed by atoms with Gasteiger partial charge in [0.05, 0.1) is 34.7 Å². The number of piperidine rings is 1. The van der Waals surface area contributed by atoms with Crippen LogP contribution in [0.25, 0.3) is 27.9 Å². The molecule has 4 aromatic rings. The average Bonchev–Trinajstić information content (AvgIpc) is 3.43. The molecule has 2 aliphatic rings. The lowest BCUT2D eigenvalue weighted by Gasteiger charge is -2.32. The number of aromatic amines is 1. The average molecular weight is 418 g/mol. The summed E-state index contributed by atoms with van der Waals surface area (Å²) in [6.45, 7) is 5.26. The summed E-state index contributed by atoms with van der Waals surface area (Å²) in [5.74, 6) is 0. The molecule has 6 rings (SSSR count). The topological polar surface area (TPSA) is 92.1 Å². The molecule has 4 aromatic heterocycles. The van der Waals surface area contributed by atoms with E-state index in [0.717, 1.165) is 28.1 Å². The van der Waals surface area contributed by atoms with Gasteiger partial charge in [-0.15, -0.1) is 0 Å². The van der Waals surface area contributed by atoms with E-state index in [2.05, 4.69) is 37.2 Å². The molecule has 0 unspecified atom stereocenters. The van der Waals surface area contributed by atoms with Crippen molar-refractivity contribution in [2.45, 2.75) is 51.5 Å². The van der Waals surface area contributed by atoms with E-state index < -0.39 is 0 Å². The Bertz CT molecular complexity index is 1320. The number of nitrogens with zero attached hydrogens (tertiary/aromatic N) is 6. The number of hydrogen-bond donors (Lipinski definition) is 1. The summed E-state index contributed by atoms with van der Waals surface area (Å²) in [5.41, 5.74) is 5.20. The first-order valence-electron chi connectivity index (χ1n) is 10.8. The van der Waals surface area contributed by atoms with Crippen molar-refractivity contribution < 1.29 is 0 Å². The zero-order valence-electron chi connectivity index (χ0n) is 18.2. The summed E-state index contributed by atoms with van der Waals surface area (Å²) in [7, 11) is 2.28. The molecule has 0 atom stereocenters. The van der Waals surface area contributed by atoms with Crippen molar-refractivity contribution in [3.8, 4) is 11.4 Å². The molecule has 1 aliphatic heterocycles. The summed E-state index contributed by atoms with van der Waals surface area (Å²) in [4.78, 5) is 23.2. The molecule has 31 heavy (non-hydrogen) atoms. The minimum atomic E-state index is -0.249. The van der Waals surface area contributed by atoms with E-state index in [9.17, 15) is 4.79 Å². The fourth-order valence-corrected chi connectivity index (χ4v) is 4.50. The minimum Gasteiger partial charge on any atom is -0.301 e. The fourth-order valence-electron chi connectivity index (χ4n) is 4.50. The van der Waals surface area contributed by atoms with Crippen LogP contribution in [0.3, 0.4) is 0 Å². The lowest BCUT2D eigenvalue weighted by Crippen LogP contribution is -2.37. The third-order valence-corrected chi connectivity index (χ3v) is 6.54. The van der Waals surface area contributed by atoms with Crippen molar-refractivity contribution in [2.24, 2.45) is 0 Å². The molecule has 1 saturated heterocycles. The second kappa shape index (κ2) is 7.53. The van der Waals surface area contributed by atoms with Gasteiger partial charge in [-0.2, -0.15) is 10.2 Å². The van der Waals surface area contributed by atoms with Crippen LogP contribution in [0.15, 0.2) is 35.4 Å². The van der Waals surface area contributed by atoms with E-state index in [1.54, 1.807) is 16.6 Å². The smallest absolute Gasteiger partial charge is 0.273 e. The highest BCUT2D eigenvalue weighted by Crippen LogP contribution is 2.47. The predicted molar refractivity (Wildman–Crippen MR) is 120 cm³/mol. The lowest BCUT2D eigenvalue weighted by molar-refractivity contribution is 0.165. The van der Waals surface area contributed by atoms with Crippen LogP contribution in [0.2, 0.25) is 0 Å². The molecule has 8 heteroatoms. The number of nitrogens with one attached hydrogen (secondary N) is 1. The molecular weight excluding hydrogens is 390 g/mol. The normalized spacial score (nSPS) is 17.6. The molecule has 160 valence electrons. The fraction of sp³-hybridized carbons (Fsp3) is 0.435. The van der Waals surface area contributed by atoms with Gasteiger partial charge >= 0.3 is 0 Å². The molecule has 0 radical (unpaired) electrons. The number of fused-ring (bicyclic) bond motifs is 2. The Balaban J connectivity index is 0.000000189. The Morgan fingerprint density at radius 1 is 1.06 bits per heavy atom. The van der Waals surface area contributed by atoms with Gasteiger partial charge in [0.25, 0.3) is 5.56 Å². The molecular formula is C23H27N7O. The Morgan fingerprint density at radius 2 is 1.90 bits per heavy atom. The van der Waals surface area contributed by atoms with Crippen LogP contribution in [0, 0.1) is 13.8 Å². The highest BCUT2D eigenvalue weighted by atomic mass is 16.1. The molecule has 1 aliphatic carbocycles. The number of hydrogen-bond acceptors (Lipinski definition) is 6. The van der Waals surface area contributed by atoms with Crippen molar-refractivity contribution in [3.63, 3.8) is 0 Å². The Hall–Kier alpha value is -3.13. The number of aromatic nitrogens is 6. The molecule has 8 nitrogen and oxygen atoms in total. The zero-order chi connectivity index (χ0) is 21.6. The summed E-state index contributed by atoms with van der Waals surface area (Å²) < 4.78 is 1.75. The first kappa shape index (κ1) is 19.8. The Labute approximate surface area is 180 Å². The maximum Gasteiger partial charge on any atom is 0.273 e. The van der Waals surface area contributed by atoms with Crippen molar-refractivity contribution in [1.82, 2.24) is 34.7 Å². The predicted octanol–water partition coefficient (Wildman–Crippen LogP) is 3.28. The molecule has 1 saturated carbocycles. The summed E-state index contributed by atoms with van der Waals surface area (Å²) >= 11 is 0. The van der Waals surface area contributed by atoms with E-state index in [-0.39, 0.29) is 5.56 Å². The molecule has 1 N–H and O–H groups in total. The first-order valence-corrected chi connectivity index (χ1v) is 10.8. The SMILES string of the molecule is CN1CCCCC12CC2.Cc1cn2nc(-c3ccc4c(=O)[nH]ncc4n3)cc(C)c2n1. The van der Waals surface area contributed by atoms with E-state index in [1.165, 1.54) is 44.8 Å². The van der Waals surface area contributed by atoms with E-state index in [4.69, 9.17) is 0 Å². The quantitative estimate of drug-likeness (QED) is 0.511. The number of aryl methyl sites for hydroxylation is 2. The maximum atomic E-state index is 11.7. The molecule has 0 amide bonds. The maximum absolute atomic E-state index is 11.7. The van der Waals surface area contributed by atoms with Crippen LogP contribution >= 0.6 is 0 Å². The van der Waals surface area contributed by atoms with Gasteiger partial charge in [0, 0.05) is 5.54 Å². The molecule has 5 heterocycles. The van der Waals surface area contributed by atoms with Gasteiger partial charge in [0.15, 0.2) is 5.65 Å². The highest BCUT2D eigenvalue weighted by molar-refractivity contribution is 5.79. The lowest BCUT2D eigenvalue weighted by atomic mass is 10.0. The van der Waals surface area contributed by atoms with Gasteiger partial charge in [0.1, 0.15) is 5.69 Å². The minimum absolute atomic E-state index is 0.249. The molecule has 0 bridgehead atoms. The standard InChI is InChI=1S/C15H12N6O.C8H15N/c1-8-5-12(20-21-7-9(2)17-14(8)21)11-4-3-10-13(18-11)6-16-19-15(10)22;1-9-7-3-2-4-8(9)5-6-8/h3-7H,1-2H3,(H,19,22);2-7H2,1H3. The van der Waals surface area contributed by atoms with Crippen molar-refractivity contribution in [3.05, 3.63) is 52.2 Å². The number of H-pyrrole nitrogens is 1. The monoisotopic (exact) mass is 417 g/mol. The van der Waals surface area contributed by atoms with E-state index in [0.29, 0.717) is 16.6 Å². The third kappa shape index (κ3) is 3.72. The summed E-state index contributed by atoms with van der Waals surface area (Å²) in [6.07, 6.45) is 10.7. The van der Waals surface area contributed by atoms with Crippen molar-refractivity contribution >= 4 is 16.6 Å². The van der Waals surface area contributed by atoms with E-state index in [1.807, 2.05) is 26.1 Å². The zero-order valence-corrected chi connectivity index (χ0v) is 18.2. The van der Waals surface area contributed by atoms with Gasteiger partial charge in [-0.1, -0.05) is 6.42 Å². The van der Waals surface area contributed by atoms with Gasteiger partial charge in [0.2, 0.25) is 0 Å². The molecule has 2 fully saturated rings. The number of rotatable bonds is 1. The van der Waals surface area contributed by atoms with Crippen molar-refractivity contribution in [1.29, 1.82) is 0 Å². The van der Waals surface area contributed by atoms with Crippen LogP contribution in [0.5, 0.6) is 0 Å². The Kier molecular flexibility index (Phi) is 4.81. The van der Waals surface area contributed by atoms with Crippen LogP contribution < -0.4 is 5.56 Å². The second-order valence-corrected chi connectivity index (χ2v) is 8.79. The van der Waals surface area contributed by atoms with Gasteiger partial charge in [-0.05, 0) is 76.9 Å². The highest BCUT2D eigenvalue weighted by Gasteiger charge is 2.46. The van der Waals surface area contributed by atoms with Gasteiger partial charge in [-0.3, -0.25) is 4.79 Å². The van der Waals surface area contributed by atoms with Crippen LogP contribution in [-0.4, -0.2) is 53.8 Å². The molecule has 0 aromatic carbocycles.